The highest BCUT2D eigenvalue weighted by atomic mass is 79.9. The van der Waals surface area contributed by atoms with Gasteiger partial charge in [-0.05, 0) is 37.1 Å². The second kappa shape index (κ2) is 7.42. The number of hydrogen-bond donors (Lipinski definition) is 4. The Bertz CT molecular complexity index is 532. The van der Waals surface area contributed by atoms with Gasteiger partial charge in [0, 0.05) is 16.7 Å². The number of aliphatic carboxylic acids is 1. The van der Waals surface area contributed by atoms with Gasteiger partial charge in [0.05, 0.1) is 12.0 Å². The van der Waals surface area contributed by atoms with E-state index in [1.807, 2.05) is 19.1 Å². The van der Waals surface area contributed by atoms with Crippen LogP contribution in [-0.4, -0.2) is 34.4 Å². The van der Waals surface area contributed by atoms with Crippen LogP contribution in [-0.2, 0) is 11.2 Å². The molecule has 4 N–H and O–H groups in total. The third-order valence-electron chi connectivity index (χ3n) is 2.86. The highest BCUT2D eigenvalue weighted by Crippen LogP contribution is 2.21. The molecule has 1 aromatic carbocycles. The van der Waals surface area contributed by atoms with E-state index >= 15 is 0 Å². The zero-order valence-electron chi connectivity index (χ0n) is 11.9. The summed E-state index contributed by atoms with van der Waals surface area (Å²) in [5.41, 5.74) is 0.157. The lowest BCUT2D eigenvalue weighted by Crippen LogP contribution is -2.43. The van der Waals surface area contributed by atoms with E-state index in [1.165, 1.54) is 6.92 Å². The summed E-state index contributed by atoms with van der Waals surface area (Å²) in [6.07, 6.45) is 0.317. The summed E-state index contributed by atoms with van der Waals surface area (Å²) in [6.45, 7) is 3.18. The second-order valence-electron chi connectivity index (χ2n) is 5.03. The summed E-state index contributed by atoms with van der Waals surface area (Å²) in [5, 5.41) is 23.6. The highest BCUT2D eigenvalue weighted by Gasteiger charge is 2.24. The Kier molecular flexibility index (Phi) is 6.17. The van der Waals surface area contributed by atoms with Gasteiger partial charge in [0.15, 0.2) is 0 Å². The molecule has 0 aliphatic carbocycles. The van der Waals surface area contributed by atoms with Crippen molar-refractivity contribution in [3.8, 4) is 0 Å². The minimum Gasteiger partial charge on any atom is -0.481 e. The van der Waals surface area contributed by atoms with Crippen molar-refractivity contribution in [1.29, 1.82) is 0 Å². The summed E-state index contributed by atoms with van der Waals surface area (Å²) in [4.78, 5) is 22.4. The van der Waals surface area contributed by atoms with Gasteiger partial charge in [0.2, 0.25) is 0 Å². The molecule has 6 nitrogen and oxygen atoms in total. The zero-order valence-corrected chi connectivity index (χ0v) is 13.5. The predicted octanol–water partition coefficient (Wildman–Crippen LogP) is 2.36. The van der Waals surface area contributed by atoms with E-state index in [1.54, 1.807) is 6.07 Å². The molecule has 0 bridgehead atoms. The van der Waals surface area contributed by atoms with Gasteiger partial charge in [-0.15, -0.1) is 0 Å². The molecular weight excluding hydrogens is 340 g/mol. The number of rotatable bonds is 6. The Hall–Kier alpha value is -1.60. The normalized spacial score (nSPS) is 13.3. The number of aliphatic hydroxyl groups is 1. The molecule has 0 spiro atoms. The van der Waals surface area contributed by atoms with Crippen LogP contribution in [0.2, 0.25) is 0 Å². The average Bonchev–Trinajstić information content (AvgIpc) is 2.37. The Morgan fingerprint density at radius 2 is 2.05 bits per heavy atom. The number of urea groups is 1. The number of hydrogen-bond acceptors (Lipinski definition) is 3. The number of carboxylic acids is 1. The van der Waals surface area contributed by atoms with E-state index in [4.69, 9.17) is 5.11 Å². The lowest BCUT2D eigenvalue weighted by molar-refractivity contribution is -0.141. The third-order valence-corrected chi connectivity index (χ3v) is 3.35. The predicted molar refractivity (Wildman–Crippen MR) is 83.4 cm³/mol. The first-order valence-corrected chi connectivity index (χ1v) is 7.30. The Morgan fingerprint density at radius 3 is 2.62 bits per heavy atom. The molecule has 1 aromatic rings. The van der Waals surface area contributed by atoms with Crippen LogP contribution in [0.25, 0.3) is 0 Å². The van der Waals surface area contributed by atoms with Crippen LogP contribution in [0.4, 0.5) is 10.5 Å². The van der Waals surface area contributed by atoms with Gasteiger partial charge in [-0.25, -0.2) is 4.79 Å². The molecule has 0 saturated carbocycles. The van der Waals surface area contributed by atoms with Crippen molar-refractivity contribution in [2.45, 2.75) is 32.3 Å². The molecule has 0 fully saturated rings. The monoisotopic (exact) mass is 358 g/mol. The van der Waals surface area contributed by atoms with Crippen molar-refractivity contribution in [2.75, 3.05) is 11.9 Å². The van der Waals surface area contributed by atoms with E-state index in [9.17, 15) is 14.7 Å². The summed E-state index contributed by atoms with van der Waals surface area (Å²) >= 11 is 3.37. The number of amides is 2. The van der Waals surface area contributed by atoms with Crippen LogP contribution in [0.3, 0.4) is 0 Å². The Labute approximate surface area is 131 Å². The maximum Gasteiger partial charge on any atom is 0.319 e. The van der Waals surface area contributed by atoms with E-state index in [2.05, 4.69) is 26.6 Å². The third kappa shape index (κ3) is 6.14. The molecule has 0 heterocycles. The molecule has 0 saturated heterocycles. The number of nitrogens with one attached hydrogen (secondary N) is 2. The second-order valence-corrected chi connectivity index (χ2v) is 5.95. The molecule has 0 aromatic heterocycles. The Morgan fingerprint density at radius 1 is 1.38 bits per heavy atom. The van der Waals surface area contributed by atoms with E-state index in [0.717, 1.165) is 16.5 Å². The van der Waals surface area contributed by atoms with Gasteiger partial charge in [0.1, 0.15) is 0 Å². The molecule has 116 valence electrons. The molecular formula is C14H19BrN2O4. The fourth-order valence-corrected chi connectivity index (χ4v) is 2.21. The maximum absolute atomic E-state index is 11.8. The van der Waals surface area contributed by atoms with Crippen LogP contribution < -0.4 is 10.6 Å². The number of carbonyl (C=O) groups excluding carboxylic acids is 1. The van der Waals surface area contributed by atoms with Crippen molar-refractivity contribution in [1.82, 2.24) is 5.32 Å². The molecule has 0 radical (unpaired) electrons. The highest BCUT2D eigenvalue weighted by molar-refractivity contribution is 9.10. The van der Waals surface area contributed by atoms with Crippen molar-refractivity contribution in [2.24, 2.45) is 0 Å². The first-order valence-electron chi connectivity index (χ1n) is 6.51. The van der Waals surface area contributed by atoms with Gasteiger partial charge in [-0.1, -0.05) is 22.9 Å². The van der Waals surface area contributed by atoms with Crippen LogP contribution >= 0.6 is 15.9 Å². The lowest BCUT2D eigenvalue weighted by Gasteiger charge is -2.21. The van der Waals surface area contributed by atoms with Crippen molar-refractivity contribution in [3.05, 3.63) is 28.2 Å². The molecule has 7 heteroatoms. The number of benzene rings is 1. The minimum absolute atomic E-state index is 0.150. The van der Waals surface area contributed by atoms with Crippen LogP contribution in [0.1, 0.15) is 25.8 Å². The summed E-state index contributed by atoms with van der Waals surface area (Å²) < 4.78 is 0.926. The van der Waals surface area contributed by atoms with E-state index < -0.39 is 24.0 Å². The Balaban J connectivity index is 2.60. The van der Waals surface area contributed by atoms with E-state index in [0.29, 0.717) is 5.69 Å². The lowest BCUT2D eigenvalue weighted by atomic mass is 10.0. The molecule has 0 aliphatic heterocycles. The molecule has 1 unspecified atom stereocenters. The first kappa shape index (κ1) is 17.5. The van der Waals surface area contributed by atoms with Gasteiger partial charge >= 0.3 is 12.0 Å². The fourth-order valence-electron chi connectivity index (χ4n) is 1.80. The van der Waals surface area contributed by atoms with Crippen LogP contribution in [0.15, 0.2) is 22.7 Å². The van der Waals surface area contributed by atoms with Crippen molar-refractivity contribution < 1.29 is 19.8 Å². The van der Waals surface area contributed by atoms with Crippen LogP contribution in [0, 0.1) is 0 Å². The zero-order chi connectivity index (χ0) is 16.0. The number of aryl methyl sites for hydroxylation is 1. The number of carbonyl (C=O) groups is 2. The molecule has 1 atom stereocenters. The number of halogens is 1. The summed E-state index contributed by atoms with van der Waals surface area (Å²) in [6, 6.07) is 5.02. The van der Waals surface area contributed by atoms with Gasteiger partial charge in [-0.2, -0.15) is 0 Å². The quantitative estimate of drug-likeness (QED) is 0.627. The molecule has 1 rings (SSSR count). The van der Waals surface area contributed by atoms with Gasteiger partial charge in [-0.3, -0.25) is 4.79 Å². The smallest absolute Gasteiger partial charge is 0.319 e. The SMILES string of the molecule is CCc1cc(Br)ccc1NC(=O)NCC(C)(O)CC(=O)O. The minimum atomic E-state index is -1.49. The average molecular weight is 359 g/mol. The fraction of sp³-hybridized carbons (Fsp3) is 0.429. The summed E-state index contributed by atoms with van der Waals surface area (Å²) in [7, 11) is 0. The molecule has 0 aliphatic rings. The number of carboxylic acid groups (broad SMARTS) is 1. The van der Waals surface area contributed by atoms with Gasteiger partial charge < -0.3 is 20.8 Å². The standard InChI is InChI=1S/C14H19BrN2O4/c1-3-9-6-10(15)4-5-11(9)17-13(20)16-8-14(2,21)7-12(18)19/h4-6,21H,3,7-8H2,1-2H3,(H,18,19)(H2,16,17,20). The van der Waals surface area contributed by atoms with Crippen LogP contribution in [0.5, 0.6) is 0 Å². The summed E-state index contributed by atoms with van der Waals surface area (Å²) in [5.74, 6) is -1.12. The van der Waals surface area contributed by atoms with Crippen molar-refractivity contribution in [3.63, 3.8) is 0 Å². The van der Waals surface area contributed by atoms with E-state index in [-0.39, 0.29) is 6.54 Å². The maximum atomic E-state index is 11.8. The topological polar surface area (TPSA) is 98.7 Å². The first-order chi connectivity index (χ1) is 9.73. The number of anilines is 1. The van der Waals surface area contributed by atoms with Crippen molar-refractivity contribution >= 4 is 33.6 Å². The molecule has 2 amide bonds. The molecule has 21 heavy (non-hydrogen) atoms. The largest absolute Gasteiger partial charge is 0.481 e. The van der Waals surface area contributed by atoms with Gasteiger partial charge in [0.25, 0.3) is 0 Å².